The van der Waals surface area contributed by atoms with Crippen molar-refractivity contribution in [2.75, 3.05) is 17.6 Å². The molecule has 106 valence electrons. The lowest BCUT2D eigenvalue weighted by Crippen LogP contribution is -2.37. The van der Waals surface area contributed by atoms with Gasteiger partial charge in [0.15, 0.2) is 0 Å². The molecule has 0 fully saturated rings. The van der Waals surface area contributed by atoms with Gasteiger partial charge in [-0.3, -0.25) is 0 Å². The molecule has 1 unspecified atom stereocenters. The molecule has 1 heterocycles. The van der Waals surface area contributed by atoms with Crippen molar-refractivity contribution in [1.82, 2.24) is 4.72 Å². The predicted molar refractivity (Wildman–Crippen MR) is 78.9 cm³/mol. The number of benzene rings is 1. The Morgan fingerprint density at radius 3 is 2.95 bits per heavy atom. The van der Waals surface area contributed by atoms with Crippen molar-refractivity contribution in [2.24, 2.45) is 0 Å². The van der Waals surface area contributed by atoms with E-state index in [1.807, 2.05) is 19.1 Å². The van der Waals surface area contributed by atoms with Crippen LogP contribution in [0.3, 0.4) is 0 Å². The first kappa shape index (κ1) is 14.3. The van der Waals surface area contributed by atoms with Crippen molar-refractivity contribution in [3.8, 4) is 0 Å². The predicted octanol–water partition coefficient (Wildman–Crippen LogP) is 2.13. The van der Waals surface area contributed by atoms with Crippen molar-refractivity contribution in [1.29, 1.82) is 0 Å². The van der Waals surface area contributed by atoms with E-state index in [1.54, 1.807) is 0 Å². The molecule has 0 radical (unpaired) electrons. The number of fused-ring (bicyclic) bond motifs is 1. The molecule has 0 aromatic heterocycles. The Hall–Kier alpha value is -1.07. The van der Waals surface area contributed by atoms with Crippen LogP contribution in [-0.2, 0) is 16.4 Å². The average molecular weight is 282 g/mol. The van der Waals surface area contributed by atoms with Crippen LogP contribution >= 0.6 is 0 Å². The minimum Gasteiger partial charge on any atom is -0.381 e. The molecule has 4 nitrogen and oxygen atoms in total. The SMILES string of the molecule is CCCS(=O)(=O)NCC1CCCc2ccccc2N1. The number of aryl methyl sites for hydroxylation is 1. The summed E-state index contributed by atoms with van der Waals surface area (Å²) in [5.74, 6) is 0.205. The average Bonchev–Trinajstić information content (AvgIpc) is 2.58. The van der Waals surface area contributed by atoms with Crippen molar-refractivity contribution in [2.45, 2.75) is 38.6 Å². The minimum absolute atomic E-state index is 0.176. The fourth-order valence-electron chi connectivity index (χ4n) is 2.43. The first-order valence-electron chi connectivity index (χ1n) is 6.92. The maximum Gasteiger partial charge on any atom is 0.211 e. The number of nitrogens with one attached hydrogen (secondary N) is 2. The van der Waals surface area contributed by atoms with Crippen LogP contribution in [0, 0.1) is 0 Å². The maximum absolute atomic E-state index is 11.7. The summed E-state index contributed by atoms with van der Waals surface area (Å²) in [7, 11) is -3.11. The standard InChI is InChI=1S/C14H22N2O2S/c1-2-10-19(17,18)15-11-13-8-5-7-12-6-3-4-9-14(12)16-13/h3-4,6,9,13,15-16H,2,5,7-8,10-11H2,1H3. The summed E-state index contributed by atoms with van der Waals surface area (Å²) in [5.41, 5.74) is 2.46. The molecule has 0 amide bonds. The second kappa shape index (κ2) is 6.39. The van der Waals surface area contributed by atoms with Crippen molar-refractivity contribution >= 4 is 15.7 Å². The molecule has 0 bridgehead atoms. The highest BCUT2D eigenvalue weighted by molar-refractivity contribution is 7.89. The number of para-hydroxylation sites is 1. The third-order valence-electron chi connectivity index (χ3n) is 3.40. The highest BCUT2D eigenvalue weighted by Crippen LogP contribution is 2.23. The molecule has 19 heavy (non-hydrogen) atoms. The van der Waals surface area contributed by atoms with Gasteiger partial charge in [0.1, 0.15) is 0 Å². The van der Waals surface area contributed by atoms with Gasteiger partial charge in [0.25, 0.3) is 0 Å². The lowest BCUT2D eigenvalue weighted by molar-refractivity contribution is 0.562. The van der Waals surface area contributed by atoms with Crippen LogP contribution < -0.4 is 10.0 Å². The quantitative estimate of drug-likeness (QED) is 0.870. The summed E-state index contributed by atoms with van der Waals surface area (Å²) in [4.78, 5) is 0. The molecule has 0 saturated carbocycles. The number of sulfonamides is 1. The van der Waals surface area contributed by atoms with Crippen LogP contribution in [0.15, 0.2) is 24.3 Å². The second-order valence-electron chi connectivity index (χ2n) is 5.06. The zero-order chi connectivity index (χ0) is 13.7. The Morgan fingerprint density at radius 2 is 2.16 bits per heavy atom. The number of anilines is 1. The Kier molecular flexibility index (Phi) is 4.82. The Morgan fingerprint density at radius 1 is 1.37 bits per heavy atom. The lowest BCUT2D eigenvalue weighted by atomic mass is 10.1. The lowest BCUT2D eigenvalue weighted by Gasteiger charge is -2.18. The molecule has 2 N–H and O–H groups in total. The third kappa shape index (κ3) is 4.21. The number of rotatable bonds is 5. The van der Waals surface area contributed by atoms with Gasteiger partial charge in [-0.2, -0.15) is 0 Å². The van der Waals surface area contributed by atoms with E-state index >= 15 is 0 Å². The van der Waals surface area contributed by atoms with Crippen LogP contribution in [0.2, 0.25) is 0 Å². The van der Waals surface area contributed by atoms with Gasteiger partial charge < -0.3 is 5.32 Å². The van der Waals surface area contributed by atoms with E-state index in [1.165, 1.54) is 5.56 Å². The first-order chi connectivity index (χ1) is 9.11. The summed E-state index contributed by atoms with van der Waals surface area (Å²) in [6.07, 6.45) is 3.78. The molecule has 5 heteroatoms. The van der Waals surface area contributed by atoms with Crippen LogP contribution in [0.4, 0.5) is 5.69 Å². The van der Waals surface area contributed by atoms with Crippen LogP contribution in [0.1, 0.15) is 31.7 Å². The largest absolute Gasteiger partial charge is 0.381 e. The van der Waals surface area contributed by atoms with Gasteiger partial charge in [-0.05, 0) is 37.3 Å². The van der Waals surface area contributed by atoms with Gasteiger partial charge in [0, 0.05) is 18.3 Å². The Balaban J connectivity index is 1.96. The molecule has 1 aliphatic rings. The van der Waals surface area contributed by atoms with Gasteiger partial charge in [-0.25, -0.2) is 13.1 Å². The summed E-state index contributed by atoms with van der Waals surface area (Å²) >= 11 is 0. The topological polar surface area (TPSA) is 58.2 Å². The van der Waals surface area contributed by atoms with E-state index in [0.29, 0.717) is 13.0 Å². The molecule has 1 atom stereocenters. The van der Waals surface area contributed by atoms with Crippen LogP contribution in [0.25, 0.3) is 0 Å². The molecular weight excluding hydrogens is 260 g/mol. The Labute approximate surface area is 115 Å². The van der Waals surface area contributed by atoms with Crippen LogP contribution in [-0.4, -0.2) is 26.8 Å². The molecule has 0 spiro atoms. The second-order valence-corrected chi connectivity index (χ2v) is 6.98. The number of hydrogen-bond acceptors (Lipinski definition) is 3. The normalized spacial score (nSPS) is 19.3. The van der Waals surface area contributed by atoms with Gasteiger partial charge >= 0.3 is 0 Å². The van der Waals surface area contributed by atoms with E-state index in [2.05, 4.69) is 22.2 Å². The maximum atomic E-state index is 11.7. The summed E-state index contributed by atoms with van der Waals surface area (Å²) in [5, 5.41) is 3.45. The molecule has 1 aromatic carbocycles. The van der Waals surface area contributed by atoms with Gasteiger partial charge in [-0.15, -0.1) is 0 Å². The Bertz CT molecular complexity index is 514. The smallest absolute Gasteiger partial charge is 0.211 e. The van der Waals surface area contributed by atoms with E-state index in [4.69, 9.17) is 0 Å². The zero-order valence-corrected chi connectivity index (χ0v) is 12.2. The summed E-state index contributed by atoms with van der Waals surface area (Å²) in [6, 6.07) is 8.43. The molecule has 2 rings (SSSR count). The monoisotopic (exact) mass is 282 g/mol. The fraction of sp³-hybridized carbons (Fsp3) is 0.571. The minimum atomic E-state index is -3.11. The van der Waals surface area contributed by atoms with E-state index in [9.17, 15) is 8.42 Å². The van der Waals surface area contributed by atoms with Gasteiger partial charge in [0.2, 0.25) is 10.0 Å². The zero-order valence-electron chi connectivity index (χ0n) is 11.4. The van der Waals surface area contributed by atoms with E-state index < -0.39 is 10.0 Å². The number of hydrogen-bond donors (Lipinski definition) is 2. The molecule has 0 aliphatic carbocycles. The van der Waals surface area contributed by atoms with Crippen molar-refractivity contribution in [3.05, 3.63) is 29.8 Å². The van der Waals surface area contributed by atoms with Crippen LogP contribution in [0.5, 0.6) is 0 Å². The fourth-order valence-corrected chi connectivity index (χ4v) is 3.57. The summed E-state index contributed by atoms with van der Waals surface area (Å²) < 4.78 is 26.0. The third-order valence-corrected chi connectivity index (χ3v) is 4.95. The first-order valence-corrected chi connectivity index (χ1v) is 8.58. The molecular formula is C14H22N2O2S. The summed E-state index contributed by atoms with van der Waals surface area (Å²) in [6.45, 7) is 2.34. The molecule has 0 saturated heterocycles. The van der Waals surface area contributed by atoms with E-state index in [-0.39, 0.29) is 11.8 Å². The van der Waals surface area contributed by atoms with Gasteiger partial charge in [0.05, 0.1) is 5.75 Å². The van der Waals surface area contributed by atoms with Crippen molar-refractivity contribution < 1.29 is 8.42 Å². The highest BCUT2D eigenvalue weighted by Gasteiger charge is 2.17. The van der Waals surface area contributed by atoms with Crippen molar-refractivity contribution in [3.63, 3.8) is 0 Å². The molecule has 1 aromatic rings. The molecule has 1 aliphatic heterocycles. The van der Waals surface area contributed by atoms with E-state index in [0.717, 1.165) is 24.9 Å². The van der Waals surface area contributed by atoms with Gasteiger partial charge in [-0.1, -0.05) is 25.1 Å². The highest BCUT2D eigenvalue weighted by atomic mass is 32.2.